The molecule has 0 unspecified atom stereocenters. The molecule has 0 bridgehead atoms. The number of rotatable bonds is 2. The first-order valence-corrected chi connectivity index (χ1v) is 9.88. The molecule has 0 N–H and O–H groups in total. The van der Waals surface area contributed by atoms with Crippen molar-refractivity contribution in [3.63, 3.8) is 0 Å². The third kappa shape index (κ3) is 3.46. The van der Waals surface area contributed by atoms with Gasteiger partial charge >= 0.3 is 0 Å². The number of fused-ring (bicyclic) bond motifs is 3. The van der Waals surface area contributed by atoms with E-state index in [1.54, 1.807) is 12.1 Å². The van der Waals surface area contributed by atoms with Gasteiger partial charge in [0.15, 0.2) is 0 Å². The van der Waals surface area contributed by atoms with E-state index >= 15 is 0 Å². The summed E-state index contributed by atoms with van der Waals surface area (Å²) in [5, 5.41) is 11.2. The van der Waals surface area contributed by atoms with Crippen LogP contribution in [0.1, 0.15) is 49.7 Å². The molecule has 1 aliphatic heterocycles. The summed E-state index contributed by atoms with van der Waals surface area (Å²) < 4.78 is 0. The number of benzene rings is 2. The van der Waals surface area contributed by atoms with Crippen molar-refractivity contribution < 1.29 is 4.92 Å². The predicted molar refractivity (Wildman–Crippen MR) is 106 cm³/mol. The predicted octanol–water partition coefficient (Wildman–Crippen LogP) is 5.52. The molecule has 2 aromatic rings. The maximum Gasteiger partial charge on any atom is 0.269 e. The molecule has 0 atom stereocenters. The van der Waals surface area contributed by atoms with Crippen LogP contribution >= 0.6 is 0 Å². The third-order valence-electron chi connectivity index (χ3n) is 5.79. The van der Waals surface area contributed by atoms with E-state index in [0.717, 1.165) is 37.9 Å². The number of hydrogen-bond donors (Lipinski definition) is 0. The second kappa shape index (κ2) is 7.48. The SMILES string of the molecule is O=[N+]([O-])c1ccc2c(c1)CCCCCc1cc(N3CCCCC3)ccc1-2. The van der Waals surface area contributed by atoms with Gasteiger partial charge in [0.25, 0.3) is 5.69 Å². The van der Waals surface area contributed by atoms with Gasteiger partial charge < -0.3 is 4.90 Å². The number of piperidine rings is 1. The Labute approximate surface area is 155 Å². The summed E-state index contributed by atoms with van der Waals surface area (Å²) in [6.45, 7) is 2.31. The summed E-state index contributed by atoms with van der Waals surface area (Å²) in [5.41, 5.74) is 6.49. The van der Waals surface area contributed by atoms with E-state index in [1.165, 1.54) is 54.5 Å². The lowest BCUT2D eigenvalue weighted by atomic mass is 9.92. The second-order valence-corrected chi connectivity index (χ2v) is 7.55. The first-order chi connectivity index (χ1) is 12.7. The van der Waals surface area contributed by atoms with Gasteiger partial charge in [0.2, 0.25) is 0 Å². The van der Waals surface area contributed by atoms with E-state index < -0.39 is 0 Å². The minimum absolute atomic E-state index is 0.203. The van der Waals surface area contributed by atoms with E-state index in [0.29, 0.717) is 0 Å². The van der Waals surface area contributed by atoms with Gasteiger partial charge in [0, 0.05) is 30.9 Å². The molecule has 1 fully saturated rings. The van der Waals surface area contributed by atoms with E-state index in [2.05, 4.69) is 23.1 Å². The lowest BCUT2D eigenvalue weighted by Gasteiger charge is -2.29. The number of non-ortho nitro benzene ring substituents is 1. The molecule has 4 nitrogen and oxygen atoms in total. The van der Waals surface area contributed by atoms with E-state index in [4.69, 9.17) is 0 Å². The zero-order chi connectivity index (χ0) is 17.9. The largest absolute Gasteiger partial charge is 0.372 e. The number of anilines is 1. The standard InChI is InChI=1S/C22H26N2O2/c25-24(26)20-10-12-22-18(16-20)8-4-1-3-7-17-15-19(9-11-21(17)22)23-13-5-2-6-14-23/h9-12,15-16H,1-8,13-14H2. The van der Waals surface area contributed by atoms with Crippen LogP contribution in [0.25, 0.3) is 11.1 Å². The average molecular weight is 350 g/mol. The summed E-state index contributed by atoms with van der Waals surface area (Å²) in [4.78, 5) is 13.4. The van der Waals surface area contributed by atoms with Gasteiger partial charge in [-0.3, -0.25) is 10.1 Å². The normalized spacial score (nSPS) is 17.5. The average Bonchev–Trinajstić information content (AvgIpc) is 2.76. The van der Waals surface area contributed by atoms with Crippen molar-refractivity contribution in [2.75, 3.05) is 18.0 Å². The molecule has 0 aromatic heterocycles. The molecule has 4 rings (SSSR count). The summed E-state index contributed by atoms with van der Waals surface area (Å²) >= 11 is 0. The second-order valence-electron chi connectivity index (χ2n) is 7.55. The van der Waals surface area contributed by atoms with Crippen molar-refractivity contribution in [2.24, 2.45) is 0 Å². The van der Waals surface area contributed by atoms with Crippen molar-refractivity contribution in [3.05, 3.63) is 57.6 Å². The molecule has 1 heterocycles. The van der Waals surface area contributed by atoms with Crippen molar-refractivity contribution in [1.29, 1.82) is 0 Å². The highest BCUT2D eigenvalue weighted by molar-refractivity contribution is 5.74. The fraction of sp³-hybridized carbons (Fsp3) is 0.455. The molecule has 0 saturated carbocycles. The van der Waals surface area contributed by atoms with E-state index in [1.807, 2.05) is 6.07 Å². The Morgan fingerprint density at radius 1 is 0.769 bits per heavy atom. The molecular formula is C22H26N2O2. The zero-order valence-corrected chi connectivity index (χ0v) is 15.2. The van der Waals surface area contributed by atoms with Crippen molar-refractivity contribution in [2.45, 2.75) is 51.4 Å². The lowest BCUT2D eigenvalue weighted by Crippen LogP contribution is -2.29. The van der Waals surface area contributed by atoms with Crippen LogP contribution < -0.4 is 4.90 Å². The topological polar surface area (TPSA) is 46.4 Å². The molecule has 0 spiro atoms. The fourth-order valence-electron chi connectivity index (χ4n) is 4.37. The number of nitrogens with zero attached hydrogens (tertiary/aromatic N) is 2. The van der Waals surface area contributed by atoms with Gasteiger partial charge in [-0.05, 0) is 85.4 Å². The molecule has 4 heteroatoms. The highest BCUT2D eigenvalue weighted by atomic mass is 16.6. The number of aryl methyl sites for hydroxylation is 2. The van der Waals surface area contributed by atoms with Gasteiger partial charge in [-0.2, -0.15) is 0 Å². The van der Waals surface area contributed by atoms with Crippen LogP contribution in [-0.4, -0.2) is 18.0 Å². The minimum atomic E-state index is -0.284. The van der Waals surface area contributed by atoms with Crippen molar-refractivity contribution >= 4 is 11.4 Å². The fourth-order valence-corrected chi connectivity index (χ4v) is 4.37. The first kappa shape index (κ1) is 17.1. The molecule has 0 amide bonds. The van der Waals surface area contributed by atoms with Crippen LogP contribution in [0, 0.1) is 10.1 Å². The Bertz CT molecular complexity index is 810. The van der Waals surface area contributed by atoms with E-state index in [-0.39, 0.29) is 10.6 Å². The Balaban J connectivity index is 1.76. The molecule has 136 valence electrons. The third-order valence-corrected chi connectivity index (χ3v) is 5.79. The Kier molecular flexibility index (Phi) is 4.91. The number of nitro groups is 1. The quantitative estimate of drug-likeness (QED) is 0.529. The lowest BCUT2D eigenvalue weighted by molar-refractivity contribution is -0.384. The van der Waals surface area contributed by atoms with Crippen LogP contribution in [0.3, 0.4) is 0 Å². The Hall–Kier alpha value is -2.36. The maximum atomic E-state index is 11.2. The van der Waals surface area contributed by atoms with Crippen molar-refractivity contribution in [3.8, 4) is 11.1 Å². The van der Waals surface area contributed by atoms with Crippen LogP contribution in [0.2, 0.25) is 0 Å². The van der Waals surface area contributed by atoms with Gasteiger partial charge in [0.1, 0.15) is 0 Å². The number of hydrogen-bond acceptors (Lipinski definition) is 3. The first-order valence-electron chi connectivity index (χ1n) is 9.88. The van der Waals surface area contributed by atoms with Gasteiger partial charge in [-0.25, -0.2) is 0 Å². The molecular weight excluding hydrogens is 324 g/mol. The molecule has 26 heavy (non-hydrogen) atoms. The van der Waals surface area contributed by atoms with Crippen LogP contribution in [0.4, 0.5) is 11.4 Å². The molecule has 0 radical (unpaired) electrons. The molecule has 2 aliphatic rings. The minimum Gasteiger partial charge on any atom is -0.372 e. The highest BCUT2D eigenvalue weighted by Gasteiger charge is 2.18. The van der Waals surface area contributed by atoms with Crippen LogP contribution in [0.15, 0.2) is 36.4 Å². The maximum absolute atomic E-state index is 11.2. The van der Waals surface area contributed by atoms with Crippen molar-refractivity contribution in [1.82, 2.24) is 0 Å². The Morgan fingerprint density at radius 3 is 2.08 bits per heavy atom. The molecule has 1 saturated heterocycles. The Morgan fingerprint density at radius 2 is 1.38 bits per heavy atom. The summed E-state index contributed by atoms with van der Waals surface area (Å²) in [5.74, 6) is 0. The monoisotopic (exact) mass is 350 g/mol. The van der Waals surface area contributed by atoms with E-state index in [9.17, 15) is 10.1 Å². The van der Waals surface area contributed by atoms with Gasteiger partial charge in [0.05, 0.1) is 4.92 Å². The smallest absolute Gasteiger partial charge is 0.269 e. The summed E-state index contributed by atoms with van der Waals surface area (Å²) in [7, 11) is 0. The van der Waals surface area contributed by atoms with Gasteiger partial charge in [-0.1, -0.05) is 12.5 Å². The summed E-state index contributed by atoms with van der Waals surface area (Å²) in [6.07, 6.45) is 9.38. The van der Waals surface area contributed by atoms with Crippen LogP contribution in [0.5, 0.6) is 0 Å². The van der Waals surface area contributed by atoms with Crippen LogP contribution in [-0.2, 0) is 12.8 Å². The molecule has 2 aromatic carbocycles. The summed E-state index contributed by atoms with van der Waals surface area (Å²) in [6, 6.07) is 12.2. The molecule has 1 aliphatic carbocycles. The highest BCUT2D eigenvalue weighted by Crippen LogP contribution is 2.35. The van der Waals surface area contributed by atoms with Gasteiger partial charge in [-0.15, -0.1) is 0 Å². The number of nitro benzene ring substituents is 1. The zero-order valence-electron chi connectivity index (χ0n) is 15.2.